The molecule has 36 heavy (non-hydrogen) atoms. The summed E-state index contributed by atoms with van der Waals surface area (Å²) >= 11 is 0. The Morgan fingerprint density at radius 2 is 1.78 bits per heavy atom. The second-order valence-corrected chi connectivity index (χ2v) is 9.48. The van der Waals surface area contributed by atoms with Crippen LogP contribution in [0.15, 0.2) is 42.5 Å². The van der Waals surface area contributed by atoms with E-state index in [9.17, 15) is 27.2 Å². The third-order valence-corrected chi connectivity index (χ3v) is 6.88. The molecule has 2 aromatic rings. The number of alkyl halides is 3. The maximum absolute atomic E-state index is 13.4. The van der Waals surface area contributed by atoms with Crippen molar-refractivity contribution in [2.75, 3.05) is 37.6 Å². The van der Waals surface area contributed by atoms with Crippen LogP contribution in [0.4, 0.5) is 23.2 Å². The second-order valence-electron chi connectivity index (χ2n) is 9.48. The average molecular weight is 507 g/mol. The summed E-state index contributed by atoms with van der Waals surface area (Å²) in [5.74, 6) is -2.74. The Kier molecular flexibility index (Phi) is 7.82. The Balaban J connectivity index is 1.21. The van der Waals surface area contributed by atoms with Crippen LogP contribution in [0.2, 0.25) is 0 Å². The number of halogens is 4. The van der Waals surface area contributed by atoms with Gasteiger partial charge in [0.05, 0.1) is 12.1 Å². The predicted octanol–water partition coefficient (Wildman–Crippen LogP) is 3.74. The lowest BCUT2D eigenvalue weighted by Gasteiger charge is -2.38. The molecule has 2 aliphatic heterocycles. The van der Waals surface area contributed by atoms with E-state index >= 15 is 0 Å². The van der Waals surface area contributed by atoms with Crippen LogP contribution in [0.1, 0.15) is 40.7 Å². The van der Waals surface area contributed by atoms with E-state index in [-0.39, 0.29) is 18.2 Å². The highest BCUT2D eigenvalue weighted by Gasteiger charge is 2.35. The SMILES string of the molecule is Cc1cccc(N2CCC(N3CC[C@@H](NC(=O)CNC(=O)c4ccc(F)c(C(F)(F)F)c4)C3)CC2)c1. The zero-order valence-corrected chi connectivity index (χ0v) is 20.1. The molecule has 0 aromatic heterocycles. The molecule has 4 rings (SSSR count). The third-order valence-electron chi connectivity index (χ3n) is 6.88. The number of piperidine rings is 1. The van der Waals surface area contributed by atoms with Gasteiger partial charge in [-0.25, -0.2) is 4.39 Å². The van der Waals surface area contributed by atoms with Crippen molar-refractivity contribution in [3.63, 3.8) is 0 Å². The minimum atomic E-state index is -4.91. The first-order valence-electron chi connectivity index (χ1n) is 12.1. The van der Waals surface area contributed by atoms with E-state index in [1.165, 1.54) is 11.3 Å². The summed E-state index contributed by atoms with van der Waals surface area (Å²) in [6.07, 6.45) is -2.03. The molecule has 2 saturated heterocycles. The van der Waals surface area contributed by atoms with Gasteiger partial charge in [-0.05, 0) is 62.1 Å². The number of hydrogen-bond acceptors (Lipinski definition) is 4. The molecule has 2 amide bonds. The summed E-state index contributed by atoms with van der Waals surface area (Å²) in [6.45, 7) is 5.28. The van der Waals surface area contributed by atoms with Crippen molar-refractivity contribution >= 4 is 17.5 Å². The molecule has 1 atom stereocenters. The van der Waals surface area contributed by atoms with Crippen molar-refractivity contribution in [1.82, 2.24) is 15.5 Å². The van der Waals surface area contributed by atoms with Gasteiger partial charge in [0.1, 0.15) is 5.82 Å². The second kappa shape index (κ2) is 10.9. The quantitative estimate of drug-likeness (QED) is 0.586. The van der Waals surface area contributed by atoms with Crippen molar-refractivity contribution < 1.29 is 27.2 Å². The summed E-state index contributed by atoms with van der Waals surface area (Å²) in [6, 6.07) is 10.9. The van der Waals surface area contributed by atoms with Gasteiger partial charge in [0.2, 0.25) is 5.91 Å². The maximum atomic E-state index is 13.4. The van der Waals surface area contributed by atoms with E-state index in [0.29, 0.717) is 18.2 Å². The summed E-state index contributed by atoms with van der Waals surface area (Å²) < 4.78 is 52.0. The van der Waals surface area contributed by atoms with Gasteiger partial charge in [0, 0.05) is 49.5 Å². The Morgan fingerprint density at radius 3 is 2.47 bits per heavy atom. The monoisotopic (exact) mass is 506 g/mol. The van der Waals surface area contributed by atoms with Crippen molar-refractivity contribution in [2.24, 2.45) is 0 Å². The van der Waals surface area contributed by atoms with Crippen LogP contribution >= 0.6 is 0 Å². The first kappa shape index (κ1) is 25.9. The number of rotatable bonds is 6. The summed E-state index contributed by atoms with van der Waals surface area (Å²) in [7, 11) is 0. The Hall–Kier alpha value is -3.14. The van der Waals surface area contributed by atoms with E-state index in [1.807, 2.05) is 0 Å². The highest BCUT2D eigenvalue weighted by atomic mass is 19.4. The molecule has 0 aliphatic carbocycles. The standard InChI is InChI=1S/C26H30F4N4O2/c1-17-3-2-4-21(13-17)33-11-8-20(9-12-33)34-10-7-19(16-34)32-24(35)15-31-25(36)18-5-6-23(27)22(14-18)26(28,29)30/h2-6,13-14,19-20H,7-12,15-16H2,1H3,(H,31,36)(H,32,35)/t19-/m1/s1. The molecule has 0 radical (unpaired) electrons. The van der Waals surface area contributed by atoms with Gasteiger partial charge in [0.25, 0.3) is 5.91 Å². The maximum Gasteiger partial charge on any atom is 0.419 e. The number of amides is 2. The Morgan fingerprint density at radius 1 is 1.03 bits per heavy atom. The number of aryl methyl sites for hydroxylation is 1. The molecular weight excluding hydrogens is 476 g/mol. The molecule has 2 aromatic carbocycles. The van der Waals surface area contributed by atoms with Gasteiger partial charge < -0.3 is 15.5 Å². The van der Waals surface area contributed by atoms with Crippen LogP contribution in [-0.4, -0.2) is 61.5 Å². The molecule has 194 valence electrons. The van der Waals surface area contributed by atoms with Crippen LogP contribution in [-0.2, 0) is 11.0 Å². The molecule has 0 spiro atoms. The molecule has 2 aliphatic rings. The zero-order valence-electron chi connectivity index (χ0n) is 20.1. The minimum absolute atomic E-state index is 0.0492. The van der Waals surface area contributed by atoms with E-state index in [4.69, 9.17) is 0 Å². The molecule has 0 bridgehead atoms. The first-order valence-corrected chi connectivity index (χ1v) is 12.1. The van der Waals surface area contributed by atoms with E-state index in [0.717, 1.165) is 51.5 Å². The Bertz CT molecular complexity index is 1100. The van der Waals surface area contributed by atoms with Gasteiger partial charge in [-0.3, -0.25) is 14.5 Å². The van der Waals surface area contributed by atoms with Crippen LogP contribution in [0.3, 0.4) is 0 Å². The molecule has 0 unspecified atom stereocenters. The normalized spacial score (nSPS) is 19.4. The number of nitrogens with zero attached hydrogens (tertiary/aromatic N) is 2. The number of hydrogen-bond donors (Lipinski definition) is 2. The smallest absolute Gasteiger partial charge is 0.371 e. The highest BCUT2D eigenvalue weighted by molar-refractivity contribution is 5.96. The number of benzene rings is 2. The van der Waals surface area contributed by atoms with Gasteiger partial charge in [-0.2, -0.15) is 13.2 Å². The van der Waals surface area contributed by atoms with Crippen molar-refractivity contribution in [3.8, 4) is 0 Å². The van der Waals surface area contributed by atoms with E-state index < -0.39 is 29.4 Å². The lowest BCUT2D eigenvalue weighted by Crippen LogP contribution is -2.46. The van der Waals surface area contributed by atoms with Crippen molar-refractivity contribution in [1.29, 1.82) is 0 Å². The van der Waals surface area contributed by atoms with Crippen LogP contribution < -0.4 is 15.5 Å². The zero-order chi connectivity index (χ0) is 25.9. The van der Waals surface area contributed by atoms with Gasteiger partial charge in [-0.15, -0.1) is 0 Å². The highest BCUT2D eigenvalue weighted by Crippen LogP contribution is 2.32. The number of carbonyl (C=O) groups excluding carboxylic acids is 2. The fraction of sp³-hybridized carbons (Fsp3) is 0.462. The number of likely N-dealkylation sites (tertiary alicyclic amines) is 1. The van der Waals surface area contributed by atoms with Crippen LogP contribution in [0, 0.1) is 12.7 Å². The molecule has 0 saturated carbocycles. The van der Waals surface area contributed by atoms with Gasteiger partial charge in [0.15, 0.2) is 0 Å². The summed E-state index contributed by atoms with van der Waals surface area (Å²) in [5.41, 5.74) is 0.612. The predicted molar refractivity (Wildman–Crippen MR) is 128 cm³/mol. The van der Waals surface area contributed by atoms with E-state index in [2.05, 4.69) is 51.6 Å². The average Bonchev–Trinajstić information content (AvgIpc) is 3.30. The number of carbonyl (C=O) groups is 2. The molecule has 10 heteroatoms. The first-order chi connectivity index (χ1) is 17.1. The van der Waals surface area contributed by atoms with Crippen LogP contribution in [0.5, 0.6) is 0 Å². The minimum Gasteiger partial charge on any atom is -0.371 e. The van der Waals surface area contributed by atoms with Gasteiger partial charge in [-0.1, -0.05) is 12.1 Å². The molecule has 2 heterocycles. The summed E-state index contributed by atoms with van der Waals surface area (Å²) in [4.78, 5) is 29.3. The topological polar surface area (TPSA) is 64.7 Å². The Labute approximate surface area is 207 Å². The summed E-state index contributed by atoms with van der Waals surface area (Å²) in [5, 5.41) is 5.20. The van der Waals surface area contributed by atoms with E-state index in [1.54, 1.807) is 0 Å². The largest absolute Gasteiger partial charge is 0.419 e. The number of nitrogens with one attached hydrogen (secondary N) is 2. The third kappa shape index (κ3) is 6.34. The lowest BCUT2D eigenvalue weighted by atomic mass is 10.0. The fourth-order valence-electron chi connectivity index (χ4n) is 4.98. The van der Waals surface area contributed by atoms with Crippen LogP contribution in [0.25, 0.3) is 0 Å². The molecule has 2 N–H and O–H groups in total. The van der Waals surface area contributed by atoms with Crippen molar-refractivity contribution in [3.05, 3.63) is 65.0 Å². The molecule has 2 fully saturated rings. The lowest BCUT2D eigenvalue weighted by molar-refractivity contribution is -0.140. The molecule has 6 nitrogen and oxygen atoms in total. The van der Waals surface area contributed by atoms with Crippen molar-refractivity contribution in [2.45, 2.75) is 44.4 Å². The fourth-order valence-corrected chi connectivity index (χ4v) is 4.98. The van der Waals surface area contributed by atoms with Gasteiger partial charge >= 0.3 is 6.18 Å². The molecular formula is C26H30F4N4O2. The number of anilines is 1.